The van der Waals surface area contributed by atoms with Gasteiger partial charge in [-0.1, -0.05) is 13.0 Å². The second kappa shape index (κ2) is 10.7. The third kappa shape index (κ3) is 9.75. The molecule has 14 heavy (non-hydrogen) atoms. The Balaban J connectivity index is 3.06. The second-order valence-corrected chi connectivity index (χ2v) is 3.69. The van der Waals surface area contributed by atoms with Crippen molar-refractivity contribution >= 4 is 0 Å². The molecule has 0 spiro atoms. The maximum atomic E-state index is 5.39. The molecule has 0 aliphatic rings. The van der Waals surface area contributed by atoms with E-state index in [0.717, 1.165) is 39.0 Å². The van der Waals surface area contributed by atoms with Crippen LogP contribution in [0.2, 0.25) is 0 Å². The van der Waals surface area contributed by atoms with E-state index < -0.39 is 0 Å². The highest BCUT2D eigenvalue weighted by Gasteiger charge is 1.98. The van der Waals surface area contributed by atoms with Crippen molar-refractivity contribution in [1.29, 1.82) is 0 Å². The highest BCUT2D eigenvalue weighted by atomic mass is 16.5. The van der Waals surface area contributed by atoms with E-state index in [2.05, 4.69) is 25.7 Å². The van der Waals surface area contributed by atoms with Crippen LogP contribution in [0.4, 0.5) is 0 Å². The van der Waals surface area contributed by atoms with Crippen LogP contribution in [0.5, 0.6) is 0 Å². The van der Waals surface area contributed by atoms with E-state index in [1.54, 1.807) is 0 Å². The molecule has 1 N–H and O–H groups in total. The average Bonchev–Trinajstić information content (AvgIpc) is 2.20. The van der Waals surface area contributed by atoms with E-state index in [0.29, 0.717) is 6.04 Å². The van der Waals surface area contributed by atoms with Gasteiger partial charge in [-0.25, -0.2) is 0 Å². The fourth-order valence-corrected chi connectivity index (χ4v) is 1.24. The van der Waals surface area contributed by atoms with Crippen LogP contribution in [0.3, 0.4) is 0 Å². The molecule has 1 unspecified atom stereocenters. The van der Waals surface area contributed by atoms with Gasteiger partial charge in [0.1, 0.15) is 0 Å². The molecular weight excluding hydrogens is 174 g/mol. The van der Waals surface area contributed by atoms with Crippen molar-refractivity contribution in [2.24, 2.45) is 0 Å². The summed E-state index contributed by atoms with van der Waals surface area (Å²) in [7, 11) is 0. The van der Waals surface area contributed by atoms with Gasteiger partial charge in [0.05, 0.1) is 0 Å². The van der Waals surface area contributed by atoms with E-state index >= 15 is 0 Å². The molecule has 2 heteroatoms. The molecule has 0 aromatic heterocycles. The molecule has 0 saturated carbocycles. The van der Waals surface area contributed by atoms with Crippen molar-refractivity contribution in [3.8, 4) is 0 Å². The summed E-state index contributed by atoms with van der Waals surface area (Å²) in [6.45, 7) is 10.9. The van der Waals surface area contributed by atoms with Crippen molar-refractivity contribution in [3.63, 3.8) is 0 Å². The van der Waals surface area contributed by atoms with E-state index in [1.165, 1.54) is 6.42 Å². The fourth-order valence-electron chi connectivity index (χ4n) is 1.24. The van der Waals surface area contributed by atoms with Crippen LogP contribution in [0.1, 0.15) is 39.5 Å². The molecule has 0 aromatic carbocycles. The molecule has 0 radical (unpaired) electrons. The first-order valence-corrected chi connectivity index (χ1v) is 5.73. The zero-order valence-electron chi connectivity index (χ0n) is 9.72. The Hall–Kier alpha value is -0.340. The third-order valence-electron chi connectivity index (χ3n) is 2.11. The average molecular weight is 199 g/mol. The van der Waals surface area contributed by atoms with Gasteiger partial charge in [-0.05, 0) is 39.2 Å². The number of hydrogen-bond donors (Lipinski definition) is 1. The maximum Gasteiger partial charge on any atom is 0.0478 e. The number of allylic oxidation sites excluding steroid dienone is 1. The van der Waals surface area contributed by atoms with Gasteiger partial charge in [-0.15, -0.1) is 6.58 Å². The van der Waals surface area contributed by atoms with Gasteiger partial charge in [0.2, 0.25) is 0 Å². The molecule has 0 saturated heterocycles. The second-order valence-electron chi connectivity index (χ2n) is 3.69. The van der Waals surface area contributed by atoms with Crippen LogP contribution >= 0.6 is 0 Å². The van der Waals surface area contributed by atoms with Crippen molar-refractivity contribution in [2.45, 2.75) is 45.6 Å². The number of rotatable bonds is 10. The van der Waals surface area contributed by atoms with Crippen LogP contribution in [0.15, 0.2) is 12.7 Å². The number of hydrogen-bond acceptors (Lipinski definition) is 2. The lowest BCUT2D eigenvalue weighted by atomic mass is 10.2. The van der Waals surface area contributed by atoms with E-state index in [1.807, 2.05) is 6.08 Å². The summed E-state index contributed by atoms with van der Waals surface area (Å²) >= 11 is 0. The largest absolute Gasteiger partial charge is 0.381 e. The molecule has 2 nitrogen and oxygen atoms in total. The Morgan fingerprint density at radius 3 is 2.86 bits per heavy atom. The molecule has 0 rings (SSSR count). The topological polar surface area (TPSA) is 21.3 Å². The molecule has 0 aliphatic carbocycles. The first-order valence-electron chi connectivity index (χ1n) is 5.73. The van der Waals surface area contributed by atoms with Gasteiger partial charge < -0.3 is 10.1 Å². The molecule has 0 bridgehead atoms. The normalized spacial score (nSPS) is 12.7. The predicted molar refractivity (Wildman–Crippen MR) is 62.6 cm³/mol. The third-order valence-corrected chi connectivity index (χ3v) is 2.11. The smallest absolute Gasteiger partial charge is 0.0478 e. The summed E-state index contributed by atoms with van der Waals surface area (Å²) in [6, 6.07) is 0.596. The fraction of sp³-hybridized carbons (Fsp3) is 0.833. The first kappa shape index (κ1) is 13.7. The Bertz CT molecular complexity index is 125. The highest BCUT2D eigenvalue weighted by molar-refractivity contribution is 4.70. The summed E-state index contributed by atoms with van der Waals surface area (Å²) < 4.78 is 5.39. The van der Waals surface area contributed by atoms with E-state index in [9.17, 15) is 0 Å². The van der Waals surface area contributed by atoms with Crippen molar-refractivity contribution in [3.05, 3.63) is 12.7 Å². The molecule has 0 amide bonds. The van der Waals surface area contributed by atoms with Gasteiger partial charge in [0.15, 0.2) is 0 Å². The summed E-state index contributed by atoms with van der Waals surface area (Å²) in [5.74, 6) is 0. The zero-order chi connectivity index (χ0) is 10.6. The van der Waals surface area contributed by atoms with Crippen LogP contribution < -0.4 is 5.32 Å². The summed E-state index contributed by atoms with van der Waals surface area (Å²) in [5, 5.41) is 3.47. The van der Waals surface area contributed by atoms with Gasteiger partial charge in [0, 0.05) is 19.3 Å². The van der Waals surface area contributed by atoms with Crippen molar-refractivity contribution in [1.82, 2.24) is 5.32 Å². The van der Waals surface area contributed by atoms with Crippen molar-refractivity contribution < 1.29 is 4.74 Å². The predicted octanol–water partition coefficient (Wildman–Crippen LogP) is 2.75. The Morgan fingerprint density at radius 2 is 2.21 bits per heavy atom. The molecule has 1 atom stereocenters. The molecular formula is C12H25NO. The number of nitrogens with one attached hydrogen (secondary N) is 1. The minimum atomic E-state index is 0.596. The summed E-state index contributed by atoms with van der Waals surface area (Å²) in [5.41, 5.74) is 0. The van der Waals surface area contributed by atoms with Gasteiger partial charge >= 0.3 is 0 Å². The standard InChI is InChI=1S/C12H25NO/c1-4-6-8-12(3)13-9-7-11-14-10-5-2/h4,12-13H,1,5-11H2,2-3H3. The van der Waals surface area contributed by atoms with Crippen LogP contribution in [-0.2, 0) is 4.74 Å². The Kier molecular flexibility index (Phi) is 10.5. The van der Waals surface area contributed by atoms with Gasteiger partial charge in [-0.2, -0.15) is 0 Å². The molecule has 0 aliphatic heterocycles. The lowest BCUT2D eigenvalue weighted by Crippen LogP contribution is -2.27. The summed E-state index contributed by atoms with van der Waals surface area (Å²) in [6.07, 6.45) is 6.48. The molecule has 0 heterocycles. The lowest BCUT2D eigenvalue weighted by molar-refractivity contribution is 0.131. The molecule has 84 valence electrons. The van der Waals surface area contributed by atoms with Crippen LogP contribution in [-0.4, -0.2) is 25.8 Å². The maximum absolute atomic E-state index is 5.39. The zero-order valence-corrected chi connectivity index (χ0v) is 9.72. The van der Waals surface area contributed by atoms with Crippen molar-refractivity contribution in [2.75, 3.05) is 19.8 Å². The van der Waals surface area contributed by atoms with Crippen LogP contribution in [0.25, 0.3) is 0 Å². The minimum absolute atomic E-state index is 0.596. The minimum Gasteiger partial charge on any atom is -0.381 e. The van der Waals surface area contributed by atoms with E-state index in [4.69, 9.17) is 4.74 Å². The van der Waals surface area contributed by atoms with Gasteiger partial charge in [0.25, 0.3) is 0 Å². The summed E-state index contributed by atoms with van der Waals surface area (Å²) in [4.78, 5) is 0. The van der Waals surface area contributed by atoms with E-state index in [-0.39, 0.29) is 0 Å². The van der Waals surface area contributed by atoms with Gasteiger partial charge in [-0.3, -0.25) is 0 Å². The highest BCUT2D eigenvalue weighted by Crippen LogP contribution is 1.96. The monoisotopic (exact) mass is 199 g/mol. The Morgan fingerprint density at radius 1 is 1.43 bits per heavy atom. The quantitative estimate of drug-likeness (QED) is 0.431. The lowest BCUT2D eigenvalue weighted by Gasteiger charge is -2.12. The number of ether oxygens (including phenoxy) is 1. The first-order chi connectivity index (χ1) is 6.81. The SMILES string of the molecule is C=CCCC(C)NCCCOCCC. The molecule has 0 fully saturated rings. The molecule has 0 aromatic rings. The van der Waals surface area contributed by atoms with Crippen LogP contribution in [0, 0.1) is 0 Å². The Labute approximate surface area is 88.7 Å².